The Bertz CT molecular complexity index is 1390. The Kier molecular flexibility index (Phi) is 6.53. The van der Waals surface area contributed by atoms with E-state index in [9.17, 15) is 19.2 Å². The van der Waals surface area contributed by atoms with Gasteiger partial charge >= 0.3 is 5.97 Å². The van der Waals surface area contributed by atoms with Crippen molar-refractivity contribution in [1.29, 1.82) is 0 Å². The fourth-order valence-corrected chi connectivity index (χ4v) is 3.76. The molecule has 4 rings (SSSR count). The van der Waals surface area contributed by atoms with Gasteiger partial charge in [0.05, 0.1) is 11.3 Å². The molecule has 0 unspecified atom stereocenters. The first-order valence-corrected chi connectivity index (χ1v) is 11.1. The molecule has 3 aromatic carbocycles. The highest BCUT2D eigenvalue weighted by Crippen LogP contribution is 2.32. The van der Waals surface area contributed by atoms with Crippen LogP contribution in [0.1, 0.15) is 38.8 Å². The van der Waals surface area contributed by atoms with Crippen molar-refractivity contribution in [1.82, 2.24) is 0 Å². The molecular formula is C27H21ClN2O5. The summed E-state index contributed by atoms with van der Waals surface area (Å²) in [4.78, 5) is 50.7. The van der Waals surface area contributed by atoms with E-state index in [1.165, 1.54) is 19.1 Å². The van der Waals surface area contributed by atoms with Gasteiger partial charge in [0.1, 0.15) is 16.5 Å². The Morgan fingerprint density at radius 3 is 2.11 bits per heavy atom. The summed E-state index contributed by atoms with van der Waals surface area (Å²) in [6, 6.07) is 17.9. The molecule has 0 bridgehead atoms. The first-order valence-electron chi connectivity index (χ1n) is 10.7. The van der Waals surface area contributed by atoms with Gasteiger partial charge in [0, 0.05) is 11.3 Å². The number of halogens is 1. The molecule has 0 aliphatic carbocycles. The summed E-state index contributed by atoms with van der Waals surface area (Å²) in [7, 11) is 0. The third kappa shape index (κ3) is 4.85. The van der Waals surface area contributed by atoms with E-state index in [-0.39, 0.29) is 22.1 Å². The van der Waals surface area contributed by atoms with Crippen molar-refractivity contribution in [2.24, 2.45) is 0 Å². The SMILES string of the molecule is CC(=O)c1ccc(OC(=O)c2ccc(NC3=C(Cl)C(=O)N(c4cc(C)ccc4C)C3=O)cc2)cc1. The van der Waals surface area contributed by atoms with Crippen molar-refractivity contribution >= 4 is 46.5 Å². The second-order valence-corrected chi connectivity index (χ2v) is 8.48. The van der Waals surface area contributed by atoms with E-state index in [1.54, 1.807) is 42.5 Å². The first-order chi connectivity index (χ1) is 16.7. The highest BCUT2D eigenvalue weighted by molar-refractivity contribution is 6.53. The molecule has 1 aliphatic rings. The van der Waals surface area contributed by atoms with Crippen molar-refractivity contribution in [2.75, 3.05) is 10.2 Å². The molecule has 0 spiro atoms. The first kappa shape index (κ1) is 23.9. The van der Waals surface area contributed by atoms with Crippen LogP contribution in [-0.4, -0.2) is 23.6 Å². The van der Waals surface area contributed by atoms with Crippen LogP contribution in [0.4, 0.5) is 11.4 Å². The van der Waals surface area contributed by atoms with Crippen molar-refractivity contribution < 1.29 is 23.9 Å². The molecule has 0 saturated carbocycles. The number of hydrogen-bond acceptors (Lipinski definition) is 6. The Labute approximate surface area is 207 Å². The summed E-state index contributed by atoms with van der Waals surface area (Å²) in [6.45, 7) is 5.13. The third-order valence-electron chi connectivity index (χ3n) is 5.49. The van der Waals surface area contributed by atoms with Gasteiger partial charge in [-0.15, -0.1) is 0 Å². The van der Waals surface area contributed by atoms with Crippen LogP contribution >= 0.6 is 11.6 Å². The maximum Gasteiger partial charge on any atom is 0.343 e. The fraction of sp³-hybridized carbons (Fsp3) is 0.111. The molecule has 1 heterocycles. The number of ether oxygens (including phenoxy) is 1. The molecule has 7 nitrogen and oxygen atoms in total. The van der Waals surface area contributed by atoms with Gasteiger partial charge in [-0.25, -0.2) is 9.69 Å². The summed E-state index contributed by atoms with van der Waals surface area (Å²) >= 11 is 6.22. The van der Waals surface area contributed by atoms with E-state index in [0.717, 1.165) is 16.0 Å². The third-order valence-corrected chi connectivity index (χ3v) is 5.84. The molecule has 2 amide bonds. The number of imide groups is 1. The minimum Gasteiger partial charge on any atom is -0.423 e. The van der Waals surface area contributed by atoms with Gasteiger partial charge < -0.3 is 10.1 Å². The van der Waals surface area contributed by atoms with Crippen molar-refractivity contribution in [3.8, 4) is 5.75 Å². The number of nitrogens with zero attached hydrogens (tertiary/aromatic N) is 1. The lowest BCUT2D eigenvalue weighted by Crippen LogP contribution is -2.32. The smallest absolute Gasteiger partial charge is 0.343 e. The monoisotopic (exact) mass is 488 g/mol. The maximum absolute atomic E-state index is 13.0. The second-order valence-electron chi connectivity index (χ2n) is 8.10. The van der Waals surface area contributed by atoms with Gasteiger partial charge in [-0.1, -0.05) is 23.7 Å². The lowest BCUT2D eigenvalue weighted by Gasteiger charge is -2.18. The van der Waals surface area contributed by atoms with Gasteiger partial charge in [-0.05, 0) is 86.5 Å². The number of aryl methyl sites for hydroxylation is 2. The van der Waals surface area contributed by atoms with Crippen LogP contribution in [0.15, 0.2) is 77.5 Å². The van der Waals surface area contributed by atoms with E-state index in [1.807, 2.05) is 26.0 Å². The number of nitrogens with one attached hydrogen (secondary N) is 1. The highest BCUT2D eigenvalue weighted by atomic mass is 35.5. The number of esters is 1. The zero-order valence-electron chi connectivity index (χ0n) is 19.2. The van der Waals surface area contributed by atoms with Crippen molar-refractivity contribution in [3.05, 3.63) is 99.7 Å². The Balaban J connectivity index is 1.47. The molecule has 0 radical (unpaired) electrons. The van der Waals surface area contributed by atoms with Crippen LogP contribution in [0.2, 0.25) is 0 Å². The minimum atomic E-state index is -0.608. The van der Waals surface area contributed by atoms with Crippen LogP contribution in [0.25, 0.3) is 0 Å². The molecular weight excluding hydrogens is 468 g/mol. The number of anilines is 2. The van der Waals surface area contributed by atoms with Gasteiger partial charge in [-0.2, -0.15) is 0 Å². The summed E-state index contributed by atoms with van der Waals surface area (Å²) in [5, 5.41) is 2.67. The zero-order valence-corrected chi connectivity index (χ0v) is 20.0. The molecule has 1 N–H and O–H groups in total. The quantitative estimate of drug-likeness (QED) is 0.223. The number of carbonyl (C=O) groups is 4. The molecule has 0 fully saturated rings. The van der Waals surface area contributed by atoms with Crippen LogP contribution in [0, 0.1) is 13.8 Å². The largest absolute Gasteiger partial charge is 0.423 e. The predicted molar refractivity (Wildman–Crippen MR) is 133 cm³/mol. The molecule has 1 aliphatic heterocycles. The molecule has 176 valence electrons. The number of carbonyl (C=O) groups excluding carboxylic acids is 4. The highest BCUT2D eigenvalue weighted by Gasteiger charge is 2.39. The molecule has 0 aromatic heterocycles. The van der Waals surface area contributed by atoms with Crippen molar-refractivity contribution in [2.45, 2.75) is 20.8 Å². The van der Waals surface area contributed by atoms with Gasteiger partial charge in [0.15, 0.2) is 5.78 Å². The second kappa shape index (κ2) is 9.56. The molecule has 0 atom stereocenters. The summed E-state index contributed by atoms with van der Waals surface area (Å²) < 4.78 is 5.33. The van der Waals surface area contributed by atoms with E-state index >= 15 is 0 Å². The fourth-order valence-electron chi connectivity index (χ4n) is 3.55. The normalized spacial score (nSPS) is 13.3. The summed E-state index contributed by atoms with van der Waals surface area (Å²) in [5.74, 6) is -1.53. The predicted octanol–water partition coefficient (Wildman–Crippen LogP) is 5.16. The summed E-state index contributed by atoms with van der Waals surface area (Å²) in [6.07, 6.45) is 0. The number of rotatable bonds is 6. The Morgan fingerprint density at radius 2 is 1.49 bits per heavy atom. The Hall–Kier alpha value is -4.23. The van der Waals surface area contributed by atoms with Gasteiger partial charge in [0.25, 0.3) is 11.8 Å². The maximum atomic E-state index is 13.0. The lowest BCUT2D eigenvalue weighted by atomic mass is 10.1. The number of ketones is 1. The van der Waals surface area contributed by atoms with Crippen LogP contribution < -0.4 is 15.0 Å². The molecule has 8 heteroatoms. The van der Waals surface area contributed by atoms with Gasteiger partial charge in [-0.3, -0.25) is 14.4 Å². The molecule has 35 heavy (non-hydrogen) atoms. The number of amides is 2. The number of hydrogen-bond donors (Lipinski definition) is 1. The minimum absolute atomic E-state index is 0.0431. The topological polar surface area (TPSA) is 92.8 Å². The molecule has 0 saturated heterocycles. The van der Waals surface area contributed by atoms with E-state index in [2.05, 4.69) is 5.32 Å². The Morgan fingerprint density at radius 1 is 0.857 bits per heavy atom. The van der Waals surface area contributed by atoms with E-state index in [4.69, 9.17) is 16.3 Å². The van der Waals surface area contributed by atoms with Crippen LogP contribution in [0.5, 0.6) is 5.75 Å². The van der Waals surface area contributed by atoms with Crippen LogP contribution in [-0.2, 0) is 9.59 Å². The van der Waals surface area contributed by atoms with Crippen molar-refractivity contribution in [3.63, 3.8) is 0 Å². The average molecular weight is 489 g/mol. The number of benzene rings is 3. The van der Waals surface area contributed by atoms with Gasteiger partial charge in [0.2, 0.25) is 0 Å². The van der Waals surface area contributed by atoms with E-state index < -0.39 is 17.8 Å². The lowest BCUT2D eigenvalue weighted by molar-refractivity contribution is -0.120. The standard InChI is InChI=1S/C27H21ClN2O5/c1-15-4-5-16(2)22(14-15)30-25(32)23(28)24(26(30)33)29-20-10-6-19(7-11-20)27(34)35-21-12-8-18(9-13-21)17(3)31/h4-14,29H,1-3H3. The number of Topliss-reactive ketones (excluding diaryl/α,β-unsaturated/α-hetero) is 1. The summed E-state index contributed by atoms with van der Waals surface area (Å²) in [5.41, 5.74) is 3.36. The van der Waals surface area contributed by atoms with Crippen LogP contribution in [0.3, 0.4) is 0 Å². The average Bonchev–Trinajstić information content (AvgIpc) is 3.04. The van der Waals surface area contributed by atoms with E-state index in [0.29, 0.717) is 22.7 Å². The zero-order chi connectivity index (χ0) is 25.3. The molecule has 3 aromatic rings.